The third-order valence-electron chi connectivity index (χ3n) is 3.28. The average Bonchev–Trinajstić information content (AvgIpc) is 3.07. The molecule has 3 aromatic rings. The molecule has 0 bridgehead atoms. The van der Waals surface area contributed by atoms with Crippen molar-refractivity contribution in [1.29, 1.82) is 0 Å². The summed E-state index contributed by atoms with van der Waals surface area (Å²) in [6.07, 6.45) is 1.63. The van der Waals surface area contributed by atoms with Crippen molar-refractivity contribution >= 4 is 27.7 Å². The molecule has 0 aliphatic carbocycles. The van der Waals surface area contributed by atoms with Gasteiger partial charge in [0.1, 0.15) is 17.2 Å². The van der Waals surface area contributed by atoms with Gasteiger partial charge in [-0.3, -0.25) is 20.4 Å². The number of aromatic nitrogens is 1. The number of hydrazine groups is 1. The largest absolute Gasteiger partial charge is 0.457 e. The fraction of sp³-hybridized carbons (Fsp3) is 0. The average molecular weight is 400 g/mol. The van der Waals surface area contributed by atoms with Gasteiger partial charge in [-0.15, -0.1) is 0 Å². The Balaban J connectivity index is 1.56. The number of aromatic amines is 1. The second-order valence-electron chi connectivity index (χ2n) is 5.08. The van der Waals surface area contributed by atoms with Crippen LogP contribution in [-0.4, -0.2) is 16.8 Å². The molecule has 0 fully saturated rings. The van der Waals surface area contributed by atoms with E-state index in [-0.39, 0.29) is 0 Å². The Kier molecular flexibility index (Phi) is 5.15. The molecule has 7 heteroatoms. The highest BCUT2D eigenvalue weighted by Gasteiger charge is 2.10. The summed E-state index contributed by atoms with van der Waals surface area (Å²) in [5, 5.41) is 0. The molecule has 2 aromatic carbocycles. The molecule has 0 aliphatic heterocycles. The fourth-order valence-corrected chi connectivity index (χ4v) is 2.39. The number of carbonyl (C=O) groups excluding carboxylic acids is 2. The topological polar surface area (TPSA) is 83.2 Å². The summed E-state index contributed by atoms with van der Waals surface area (Å²) in [5.41, 5.74) is 5.43. The predicted molar refractivity (Wildman–Crippen MR) is 96.4 cm³/mol. The molecule has 0 aliphatic rings. The molecule has 0 radical (unpaired) electrons. The van der Waals surface area contributed by atoms with Crippen LogP contribution in [0.15, 0.2) is 71.3 Å². The number of hydrogen-bond donors (Lipinski definition) is 3. The monoisotopic (exact) mass is 399 g/mol. The Morgan fingerprint density at radius 2 is 1.52 bits per heavy atom. The summed E-state index contributed by atoms with van der Waals surface area (Å²) in [5.74, 6) is 0.459. The van der Waals surface area contributed by atoms with Crippen LogP contribution < -0.4 is 15.6 Å². The summed E-state index contributed by atoms with van der Waals surface area (Å²) >= 11 is 3.24. The standard InChI is InChI=1S/C18H14BrN3O3/c19-13-10-16(20-11-13)18(24)22-21-17(23)12-6-8-15(9-7-12)25-14-4-2-1-3-5-14/h1-11,20H,(H,21,23)(H,22,24). The first-order valence-corrected chi connectivity index (χ1v) is 8.19. The summed E-state index contributed by atoms with van der Waals surface area (Å²) in [4.78, 5) is 26.7. The highest BCUT2D eigenvalue weighted by Crippen LogP contribution is 2.21. The number of benzene rings is 2. The van der Waals surface area contributed by atoms with E-state index in [0.29, 0.717) is 22.8 Å². The van der Waals surface area contributed by atoms with E-state index in [9.17, 15) is 9.59 Å². The maximum Gasteiger partial charge on any atom is 0.286 e. The van der Waals surface area contributed by atoms with Crippen LogP contribution in [0.3, 0.4) is 0 Å². The Hall–Kier alpha value is -3.06. The molecule has 25 heavy (non-hydrogen) atoms. The van der Waals surface area contributed by atoms with Gasteiger partial charge in [0.25, 0.3) is 11.8 Å². The van der Waals surface area contributed by atoms with Gasteiger partial charge in [-0.2, -0.15) is 0 Å². The van der Waals surface area contributed by atoms with Gasteiger partial charge in [0, 0.05) is 16.2 Å². The molecule has 6 nitrogen and oxygen atoms in total. The molecule has 3 N–H and O–H groups in total. The van der Waals surface area contributed by atoms with Crippen LogP contribution in [-0.2, 0) is 0 Å². The van der Waals surface area contributed by atoms with E-state index in [1.165, 1.54) is 0 Å². The number of para-hydroxylation sites is 1. The van der Waals surface area contributed by atoms with Crippen molar-refractivity contribution in [1.82, 2.24) is 15.8 Å². The van der Waals surface area contributed by atoms with Crippen molar-refractivity contribution in [3.05, 3.63) is 82.6 Å². The molecule has 0 unspecified atom stereocenters. The second kappa shape index (κ2) is 7.67. The number of rotatable bonds is 4. The van der Waals surface area contributed by atoms with Crippen molar-refractivity contribution in [3.8, 4) is 11.5 Å². The van der Waals surface area contributed by atoms with Gasteiger partial charge < -0.3 is 9.72 Å². The lowest BCUT2D eigenvalue weighted by molar-refractivity contribution is 0.0844. The van der Waals surface area contributed by atoms with Crippen molar-refractivity contribution < 1.29 is 14.3 Å². The first kappa shape index (κ1) is 16.8. The van der Waals surface area contributed by atoms with Crippen molar-refractivity contribution in [3.63, 3.8) is 0 Å². The van der Waals surface area contributed by atoms with Crippen LogP contribution in [0, 0.1) is 0 Å². The van der Waals surface area contributed by atoms with Crippen LogP contribution in [0.5, 0.6) is 11.5 Å². The quantitative estimate of drug-likeness (QED) is 0.585. The number of halogens is 1. The van der Waals surface area contributed by atoms with E-state index >= 15 is 0 Å². The molecule has 0 atom stereocenters. The molecular formula is C18H14BrN3O3. The van der Waals surface area contributed by atoms with Gasteiger partial charge in [0.2, 0.25) is 0 Å². The van der Waals surface area contributed by atoms with E-state index < -0.39 is 11.8 Å². The Morgan fingerprint density at radius 1 is 0.880 bits per heavy atom. The normalized spacial score (nSPS) is 10.1. The maximum atomic E-state index is 12.1. The van der Waals surface area contributed by atoms with Crippen LogP contribution in [0.25, 0.3) is 0 Å². The first-order valence-electron chi connectivity index (χ1n) is 7.39. The number of ether oxygens (including phenoxy) is 1. The molecule has 1 heterocycles. The summed E-state index contributed by atoms with van der Waals surface area (Å²) in [7, 11) is 0. The second-order valence-corrected chi connectivity index (χ2v) is 5.99. The predicted octanol–water partition coefficient (Wildman–Crippen LogP) is 3.64. The maximum absolute atomic E-state index is 12.1. The van der Waals surface area contributed by atoms with Crippen LogP contribution >= 0.6 is 15.9 Å². The van der Waals surface area contributed by atoms with Gasteiger partial charge >= 0.3 is 0 Å². The number of amides is 2. The van der Waals surface area contributed by atoms with Gasteiger partial charge in [0.15, 0.2) is 0 Å². The molecule has 2 amide bonds. The zero-order chi connectivity index (χ0) is 17.6. The first-order chi connectivity index (χ1) is 12.1. The third kappa shape index (κ3) is 4.48. The van der Waals surface area contributed by atoms with Crippen molar-refractivity contribution in [2.45, 2.75) is 0 Å². The zero-order valence-electron chi connectivity index (χ0n) is 13.0. The van der Waals surface area contributed by atoms with Gasteiger partial charge in [-0.25, -0.2) is 0 Å². The molecule has 3 rings (SSSR count). The highest BCUT2D eigenvalue weighted by atomic mass is 79.9. The SMILES string of the molecule is O=C(NNC(=O)c1cc(Br)c[nH]1)c1ccc(Oc2ccccc2)cc1. The lowest BCUT2D eigenvalue weighted by Gasteiger charge is -2.08. The van der Waals surface area contributed by atoms with E-state index in [1.54, 1.807) is 36.5 Å². The van der Waals surface area contributed by atoms with Crippen molar-refractivity contribution in [2.75, 3.05) is 0 Å². The molecule has 0 saturated carbocycles. The lowest BCUT2D eigenvalue weighted by atomic mass is 10.2. The Bertz CT molecular complexity index is 876. The Labute approximate surface area is 152 Å². The number of nitrogens with one attached hydrogen (secondary N) is 3. The van der Waals surface area contributed by atoms with Gasteiger partial charge in [-0.1, -0.05) is 18.2 Å². The minimum Gasteiger partial charge on any atom is -0.457 e. The van der Waals surface area contributed by atoms with E-state index in [1.807, 2.05) is 30.3 Å². The molecule has 0 saturated heterocycles. The number of carbonyl (C=O) groups is 2. The highest BCUT2D eigenvalue weighted by molar-refractivity contribution is 9.10. The number of H-pyrrole nitrogens is 1. The summed E-state index contributed by atoms with van der Waals surface area (Å²) in [6, 6.07) is 17.6. The van der Waals surface area contributed by atoms with E-state index in [2.05, 4.69) is 31.8 Å². The van der Waals surface area contributed by atoms with Crippen molar-refractivity contribution in [2.24, 2.45) is 0 Å². The summed E-state index contributed by atoms with van der Waals surface area (Å²) in [6.45, 7) is 0. The van der Waals surface area contributed by atoms with E-state index in [4.69, 9.17) is 4.74 Å². The third-order valence-corrected chi connectivity index (χ3v) is 3.74. The smallest absolute Gasteiger partial charge is 0.286 e. The minimum absolute atomic E-state index is 0.332. The van der Waals surface area contributed by atoms with Gasteiger partial charge in [0.05, 0.1) is 0 Å². The molecule has 126 valence electrons. The minimum atomic E-state index is -0.442. The van der Waals surface area contributed by atoms with Crippen LogP contribution in [0.2, 0.25) is 0 Å². The zero-order valence-corrected chi connectivity index (χ0v) is 14.5. The fourth-order valence-electron chi connectivity index (χ4n) is 2.05. The summed E-state index contributed by atoms with van der Waals surface area (Å²) < 4.78 is 6.41. The van der Waals surface area contributed by atoms with Crippen LogP contribution in [0.4, 0.5) is 0 Å². The molecule has 1 aromatic heterocycles. The lowest BCUT2D eigenvalue weighted by Crippen LogP contribution is -2.41. The van der Waals surface area contributed by atoms with Gasteiger partial charge in [-0.05, 0) is 58.4 Å². The Morgan fingerprint density at radius 3 is 2.16 bits per heavy atom. The number of hydrogen-bond acceptors (Lipinski definition) is 3. The molecular weight excluding hydrogens is 386 g/mol. The van der Waals surface area contributed by atoms with E-state index in [0.717, 1.165) is 4.47 Å². The molecule has 0 spiro atoms. The van der Waals surface area contributed by atoms with Crippen LogP contribution in [0.1, 0.15) is 20.8 Å².